The van der Waals surface area contributed by atoms with Crippen LogP contribution in [0.25, 0.3) is 0 Å². The first-order chi connectivity index (χ1) is 13.9. The molecule has 0 radical (unpaired) electrons. The average Bonchev–Trinajstić information content (AvgIpc) is 2.73. The molecular formula is C22H26N4O3. The van der Waals surface area contributed by atoms with Gasteiger partial charge < -0.3 is 21.1 Å². The predicted octanol–water partition coefficient (Wildman–Crippen LogP) is 2.13. The number of hydrogen-bond donors (Lipinski definition) is 3. The number of ether oxygens (including phenoxy) is 1. The third kappa shape index (κ3) is 5.00. The zero-order valence-electron chi connectivity index (χ0n) is 16.9. The van der Waals surface area contributed by atoms with Gasteiger partial charge >= 0.3 is 0 Å². The molecule has 0 fully saturated rings. The molecule has 0 saturated heterocycles. The van der Waals surface area contributed by atoms with Crippen molar-refractivity contribution in [1.29, 1.82) is 0 Å². The van der Waals surface area contributed by atoms with Crippen LogP contribution < -0.4 is 21.1 Å². The maximum absolute atomic E-state index is 12.3. The molecule has 4 N–H and O–H groups in total. The topological polar surface area (TPSA) is 106 Å². The van der Waals surface area contributed by atoms with E-state index in [0.29, 0.717) is 24.4 Å². The van der Waals surface area contributed by atoms with Gasteiger partial charge in [0.05, 0.1) is 6.04 Å². The highest BCUT2D eigenvalue weighted by atomic mass is 16.5. The highest BCUT2D eigenvalue weighted by Gasteiger charge is 2.29. The van der Waals surface area contributed by atoms with E-state index in [0.717, 1.165) is 22.4 Å². The van der Waals surface area contributed by atoms with E-state index >= 15 is 0 Å². The van der Waals surface area contributed by atoms with Gasteiger partial charge in [0.2, 0.25) is 0 Å². The van der Waals surface area contributed by atoms with E-state index in [9.17, 15) is 9.59 Å². The van der Waals surface area contributed by atoms with Crippen LogP contribution >= 0.6 is 0 Å². The molecule has 1 aliphatic rings. The summed E-state index contributed by atoms with van der Waals surface area (Å²) in [6.07, 6.45) is 2.13. The van der Waals surface area contributed by atoms with Crippen molar-refractivity contribution >= 4 is 11.8 Å². The zero-order chi connectivity index (χ0) is 21.0. The third-order valence-corrected chi connectivity index (χ3v) is 5.15. The largest absolute Gasteiger partial charge is 0.484 e. The molecule has 1 aromatic carbocycles. The first-order valence-corrected chi connectivity index (χ1v) is 9.52. The molecule has 7 heteroatoms. The summed E-state index contributed by atoms with van der Waals surface area (Å²) in [5, 5.41) is 5.78. The smallest absolute Gasteiger partial charge is 0.274 e. The van der Waals surface area contributed by atoms with Crippen LogP contribution in [0.5, 0.6) is 5.75 Å². The number of carbonyl (C=O) groups excluding carboxylic acids is 2. The Labute approximate surface area is 170 Å². The number of aromatic nitrogens is 1. The van der Waals surface area contributed by atoms with Gasteiger partial charge in [0.25, 0.3) is 11.8 Å². The van der Waals surface area contributed by atoms with Gasteiger partial charge in [-0.2, -0.15) is 0 Å². The Kier molecular flexibility index (Phi) is 6.29. The van der Waals surface area contributed by atoms with Crippen LogP contribution in [0.2, 0.25) is 0 Å². The van der Waals surface area contributed by atoms with Crippen molar-refractivity contribution in [1.82, 2.24) is 15.6 Å². The number of nitrogens with zero attached hydrogens (tertiary/aromatic N) is 1. The fraction of sp³-hybridized carbons (Fsp3) is 0.318. The summed E-state index contributed by atoms with van der Waals surface area (Å²) in [4.78, 5) is 28.6. The number of rotatable bonds is 7. The van der Waals surface area contributed by atoms with Crippen LogP contribution in [0.4, 0.5) is 0 Å². The van der Waals surface area contributed by atoms with Crippen LogP contribution in [-0.2, 0) is 11.3 Å². The maximum Gasteiger partial charge on any atom is 0.274 e. The summed E-state index contributed by atoms with van der Waals surface area (Å²) in [7, 11) is 0. The molecule has 2 aromatic rings. The van der Waals surface area contributed by atoms with Gasteiger partial charge in [-0.1, -0.05) is 6.07 Å². The second kappa shape index (κ2) is 8.87. The van der Waals surface area contributed by atoms with Gasteiger partial charge in [-0.25, -0.2) is 0 Å². The molecule has 1 aromatic heterocycles. The predicted molar refractivity (Wildman–Crippen MR) is 110 cm³/mol. The molecule has 1 heterocycles. The van der Waals surface area contributed by atoms with E-state index in [1.165, 1.54) is 5.56 Å². The first kappa shape index (κ1) is 20.5. The molecule has 7 nitrogen and oxygen atoms in total. The lowest BCUT2D eigenvalue weighted by molar-refractivity contribution is -0.123. The minimum Gasteiger partial charge on any atom is -0.484 e. The van der Waals surface area contributed by atoms with E-state index in [4.69, 9.17) is 10.5 Å². The van der Waals surface area contributed by atoms with Crippen molar-refractivity contribution in [2.24, 2.45) is 5.73 Å². The Morgan fingerprint density at radius 3 is 2.66 bits per heavy atom. The molecule has 152 valence electrons. The number of pyridine rings is 1. The number of nitrogens with two attached hydrogens (primary N) is 1. The zero-order valence-corrected chi connectivity index (χ0v) is 16.9. The summed E-state index contributed by atoms with van der Waals surface area (Å²) >= 11 is 0. The quantitative estimate of drug-likeness (QED) is 0.667. The molecule has 0 saturated carbocycles. The molecule has 1 atom stereocenters. The Hall–Kier alpha value is -3.19. The Morgan fingerprint density at radius 1 is 1.17 bits per heavy atom. The number of benzene rings is 1. The Morgan fingerprint density at radius 2 is 1.97 bits per heavy atom. The molecule has 1 unspecified atom stereocenters. The lowest BCUT2D eigenvalue weighted by Crippen LogP contribution is -2.46. The average molecular weight is 394 g/mol. The number of carbonyl (C=O) groups is 2. The molecule has 0 spiro atoms. The van der Waals surface area contributed by atoms with Gasteiger partial charge in [-0.3, -0.25) is 14.6 Å². The van der Waals surface area contributed by atoms with Crippen LogP contribution in [0, 0.1) is 13.8 Å². The number of amides is 2. The van der Waals surface area contributed by atoms with Crippen molar-refractivity contribution in [3.05, 3.63) is 70.2 Å². The van der Waals surface area contributed by atoms with Gasteiger partial charge in [0.15, 0.2) is 6.61 Å². The highest BCUT2D eigenvalue weighted by Crippen LogP contribution is 2.26. The van der Waals surface area contributed by atoms with Gasteiger partial charge in [0.1, 0.15) is 11.4 Å². The van der Waals surface area contributed by atoms with Crippen molar-refractivity contribution in [3.63, 3.8) is 0 Å². The lowest BCUT2D eigenvalue weighted by Gasteiger charge is -2.32. The summed E-state index contributed by atoms with van der Waals surface area (Å²) in [5.74, 6) is 0.192. The van der Waals surface area contributed by atoms with Crippen LogP contribution in [0.15, 0.2) is 47.8 Å². The van der Waals surface area contributed by atoms with Crippen LogP contribution in [0.3, 0.4) is 0 Å². The van der Waals surface area contributed by atoms with Gasteiger partial charge in [-0.15, -0.1) is 0 Å². The van der Waals surface area contributed by atoms with Crippen molar-refractivity contribution in [2.75, 3.05) is 6.61 Å². The molecule has 3 rings (SSSR count). The van der Waals surface area contributed by atoms with E-state index in [1.54, 1.807) is 18.3 Å². The standard InChI is InChI=1S/C22H26N4O3/c1-13-4-5-17(8-14(13)2)29-12-21(27)25-18-10-19(15(18)3)26-22(28)20-9-16(11-23)6-7-24-20/h4-9,18H,10-12,23H2,1-3H3,(H,25,27)(H,26,28). The normalized spacial score (nSPS) is 15.5. The molecule has 1 aliphatic carbocycles. The fourth-order valence-electron chi connectivity index (χ4n) is 3.02. The van der Waals surface area contributed by atoms with Crippen LogP contribution in [0.1, 0.15) is 40.5 Å². The SMILES string of the molecule is CC1=C(NC(=O)c2cc(CN)ccn2)CC1NC(=O)COc1ccc(C)c(C)c1. The van der Waals surface area contributed by atoms with Crippen molar-refractivity contribution < 1.29 is 14.3 Å². The Bertz CT molecular complexity index is 968. The summed E-state index contributed by atoms with van der Waals surface area (Å²) in [6, 6.07) is 9.08. The molecule has 0 bridgehead atoms. The number of aryl methyl sites for hydroxylation is 2. The second-order valence-electron chi connectivity index (χ2n) is 7.23. The third-order valence-electron chi connectivity index (χ3n) is 5.15. The van der Waals surface area contributed by atoms with Crippen molar-refractivity contribution in [3.8, 4) is 5.75 Å². The first-order valence-electron chi connectivity index (χ1n) is 9.52. The molecule has 0 aliphatic heterocycles. The maximum atomic E-state index is 12.3. The minimum atomic E-state index is -0.280. The van der Waals surface area contributed by atoms with Gasteiger partial charge in [0, 0.05) is 24.9 Å². The van der Waals surface area contributed by atoms with Gasteiger partial charge in [-0.05, 0) is 67.3 Å². The lowest BCUT2D eigenvalue weighted by atomic mass is 9.89. The number of hydrogen-bond acceptors (Lipinski definition) is 5. The minimum absolute atomic E-state index is 0.0518. The fourth-order valence-corrected chi connectivity index (χ4v) is 3.02. The second-order valence-corrected chi connectivity index (χ2v) is 7.23. The highest BCUT2D eigenvalue weighted by molar-refractivity contribution is 5.94. The monoisotopic (exact) mass is 394 g/mol. The number of nitrogens with one attached hydrogen (secondary N) is 2. The summed E-state index contributed by atoms with van der Waals surface area (Å²) < 4.78 is 5.56. The van der Waals surface area contributed by atoms with Crippen LogP contribution in [-0.4, -0.2) is 29.4 Å². The Balaban J connectivity index is 1.50. The summed E-state index contributed by atoms with van der Waals surface area (Å²) in [5.41, 5.74) is 10.8. The van der Waals surface area contributed by atoms with E-state index < -0.39 is 0 Å². The van der Waals surface area contributed by atoms with Crippen molar-refractivity contribution in [2.45, 2.75) is 39.8 Å². The van der Waals surface area contributed by atoms with E-state index in [2.05, 4.69) is 15.6 Å². The summed E-state index contributed by atoms with van der Waals surface area (Å²) in [6.45, 7) is 6.21. The van der Waals surface area contributed by atoms with E-state index in [-0.39, 0.29) is 24.5 Å². The molecule has 29 heavy (non-hydrogen) atoms. The molecule has 2 amide bonds. The van der Waals surface area contributed by atoms with E-state index in [1.807, 2.05) is 39.0 Å². The molecular weight excluding hydrogens is 368 g/mol.